The molecule has 1 atom stereocenters. The second kappa shape index (κ2) is 8.90. The van der Waals surface area contributed by atoms with Gasteiger partial charge in [-0.15, -0.1) is 11.8 Å². The van der Waals surface area contributed by atoms with Crippen molar-refractivity contribution in [3.63, 3.8) is 0 Å². The quantitative estimate of drug-likeness (QED) is 0.347. The van der Waals surface area contributed by atoms with Crippen LogP contribution in [0.5, 0.6) is 0 Å². The molecule has 0 bridgehead atoms. The van der Waals surface area contributed by atoms with Crippen molar-refractivity contribution in [1.29, 1.82) is 0 Å². The Morgan fingerprint density at radius 1 is 0.935 bits per heavy atom. The van der Waals surface area contributed by atoms with Gasteiger partial charge >= 0.3 is 0 Å². The summed E-state index contributed by atoms with van der Waals surface area (Å²) in [7, 11) is 0. The standard InChI is InChI=1S/C27H26Br2OS/c1-26(2,3)19-9-11-20(12-10-19)27(15-21(28)17-31-27)25-23(16-30)22(13-14-24(25)29)18-7-5-4-6-8-18/h4-14,17,30H,15-16H2,1-3H3. The molecule has 1 aliphatic rings. The Labute approximate surface area is 206 Å². The molecule has 3 aromatic rings. The molecule has 0 fully saturated rings. The maximum Gasteiger partial charge on any atom is 0.0758 e. The number of aliphatic hydroxyl groups is 1. The minimum atomic E-state index is -0.309. The summed E-state index contributed by atoms with van der Waals surface area (Å²) in [6, 6.07) is 23.6. The summed E-state index contributed by atoms with van der Waals surface area (Å²) in [5, 5.41) is 12.8. The molecule has 31 heavy (non-hydrogen) atoms. The van der Waals surface area contributed by atoms with Gasteiger partial charge in [-0.25, -0.2) is 0 Å². The van der Waals surface area contributed by atoms with Crippen molar-refractivity contribution < 1.29 is 5.11 Å². The third-order valence-electron chi connectivity index (χ3n) is 5.93. The highest BCUT2D eigenvalue weighted by Crippen LogP contribution is 2.57. The van der Waals surface area contributed by atoms with Crippen LogP contribution in [-0.2, 0) is 16.8 Å². The predicted molar refractivity (Wildman–Crippen MR) is 141 cm³/mol. The molecule has 4 rings (SSSR count). The second-order valence-electron chi connectivity index (χ2n) is 8.99. The monoisotopic (exact) mass is 556 g/mol. The fourth-order valence-electron chi connectivity index (χ4n) is 4.30. The van der Waals surface area contributed by atoms with E-state index in [4.69, 9.17) is 0 Å². The van der Waals surface area contributed by atoms with Crippen molar-refractivity contribution in [2.24, 2.45) is 0 Å². The number of thioether (sulfide) groups is 1. The number of aliphatic hydroxyl groups excluding tert-OH is 1. The molecule has 0 saturated heterocycles. The molecule has 1 nitrogen and oxygen atoms in total. The molecular formula is C27H26Br2OS. The van der Waals surface area contributed by atoms with E-state index in [0.717, 1.165) is 33.1 Å². The highest BCUT2D eigenvalue weighted by molar-refractivity contribution is 9.11. The van der Waals surface area contributed by atoms with Gasteiger partial charge in [0.15, 0.2) is 0 Å². The number of allylic oxidation sites excluding steroid dienone is 1. The maximum absolute atomic E-state index is 10.6. The Morgan fingerprint density at radius 2 is 1.61 bits per heavy atom. The van der Waals surface area contributed by atoms with Crippen molar-refractivity contribution >= 4 is 43.6 Å². The predicted octanol–water partition coefficient (Wildman–Crippen LogP) is 8.52. The van der Waals surface area contributed by atoms with Crippen LogP contribution in [0, 0.1) is 0 Å². The van der Waals surface area contributed by atoms with Gasteiger partial charge in [0.25, 0.3) is 0 Å². The van der Waals surface area contributed by atoms with Crippen LogP contribution in [0.3, 0.4) is 0 Å². The average molecular weight is 558 g/mol. The zero-order valence-electron chi connectivity index (χ0n) is 18.0. The fraction of sp³-hybridized carbons (Fsp3) is 0.259. The van der Waals surface area contributed by atoms with Crippen LogP contribution in [0.15, 0.2) is 81.1 Å². The highest BCUT2D eigenvalue weighted by atomic mass is 79.9. The van der Waals surface area contributed by atoms with E-state index < -0.39 is 0 Å². The molecule has 0 saturated carbocycles. The van der Waals surface area contributed by atoms with Gasteiger partial charge in [-0.1, -0.05) is 113 Å². The molecular weight excluding hydrogens is 532 g/mol. The molecule has 0 aromatic heterocycles. The van der Waals surface area contributed by atoms with Crippen LogP contribution in [0.1, 0.15) is 49.4 Å². The molecule has 1 unspecified atom stereocenters. The first-order valence-electron chi connectivity index (χ1n) is 10.4. The van der Waals surface area contributed by atoms with Gasteiger partial charge in [-0.2, -0.15) is 0 Å². The van der Waals surface area contributed by atoms with Crippen molar-refractivity contribution in [2.45, 2.75) is 44.0 Å². The third kappa shape index (κ3) is 4.32. The molecule has 0 spiro atoms. The van der Waals surface area contributed by atoms with Crippen molar-refractivity contribution in [3.8, 4) is 11.1 Å². The zero-order valence-corrected chi connectivity index (χ0v) is 21.9. The van der Waals surface area contributed by atoms with Crippen LogP contribution in [0.2, 0.25) is 0 Å². The molecule has 0 amide bonds. The summed E-state index contributed by atoms with van der Waals surface area (Å²) in [5.74, 6) is 0. The molecule has 3 aromatic carbocycles. The van der Waals surface area contributed by atoms with E-state index in [2.05, 4.69) is 107 Å². The van der Waals surface area contributed by atoms with E-state index in [0.29, 0.717) is 0 Å². The first-order valence-corrected chi connectivity index (χ1v) is 12.8. The van der Waals surface area contributed by atoms with Gasteiger partial charge in [-0.3, -0.25) is 0 Å². The van der Waals surface area contributed by atoms with Crippen LogP contribution < -0.4 is 0 Å². The topological polar surface area (TPSA) is 20.2 Å². The molecule has 0 aliphatic carbocycles. The van der Waals surface area contributed by atoms with Gasteiger partial charge in [0, 0.05) is 15.4 Å². The molecule has 4 heteroatoms. The molecule has 1 aliphatic heterocycles. The number of hydrogen-bond donors (Lipinski definition) is 1. The van der Waals surface area contributed by atoms with Crippen LogP contribution >= 0.6 is 43.6 Å². The largest absolute Gasteiger partial charge is 0.392 e. The van der Waals surface area contributed by atoms with E-state index >= 15 is 0 Å². The van der Waals surface area contributed by atoms with Gasteiger partial charge in [0.2, 0.25) is 0 Å². The second-order valence-corrected chi connectivity index (χ2v) is 12.0. The van der Waals surface area contributed by atoms with Gasteiger partial charge < -0.3 is 5.11 Å². The van der Waals surface area contributed by atoms with Gasteiger partial charge in [0.1, 0.15) is 0 Å². The Bertz CT molecular complexity index is 1110. The molecule has 1 N–H and O–H groups in total. The van der Waals surface area contributed by atoms with Gasteiger partial charge in [0.05, 0.1) is 11.4 Å². The van der Waals surface area contributed by atoms with Crippen LogP contribution in [-0.4, -0.2) is 5.11 Å². The van der Waals surface area contributed by atoms with E-state index in [1.54, 1.807) is 0 Å². The van der Waals surface area contributed by atoms with Gasteiger partial charge in [-0.05, 0) is 50.3 Å². The fourth-order valence-corrected chi connectivity index (χ4v) is 7.30. The van der Waals surface area contributed by atoms with Crippen molar-refractivity contribution in [3.05, 3.63) is 103 Å². The summed E-state index contributed by atoms with van der Waals surface area (Å²) in [6.07, 6.45) is 0.844. The van der Waals surface area contributed by atoms with Crippen molar-refractivity contribution in [2.75, 3.05) is 0 Å². The molecule has 0 radical (unpaired) electrons. The van der Waals surface area contributed by atoms with E-state index in [-0.39, 0.29) is 16.8 Å². The first kappa shape index (κ1) is 22.8. The first-order chi connectivity index (χ1) is 14.8. The summed E-state index contributed by atoms with van der Waals surface area (Å²) in [6.45, 7) is 6.71. The average Bonchev–Trinajstić information content (AvgIpc) is 3.16. The molecule has 1 heterocycles. The number of rotatable bonds is 4. The highest BCUT2D eigenvalue weighted by Gasteiger charge is 2.42. The SMILES string of the molecule is CC(C)(C)c1ccc(C2(c3c(Br)ccc(-c4ccccc4)c3CO)CC(Br)=CS2)cc1. The smallest absolute Gasteiger partial charge is 0.0758 e. The Morgan fingerprint density at radius 3 is 2.16 bits per heavy atom. The lowest BCUT2D eigenvalue weighted by Crippen LogP contribution is -2.24. The van der Waals surface area contributed by atoms with E-state index in [1.165, 1.54) is 15.6 Å². The summed E-state index contributed by atoms with van der Waals surface area (Å²) < 4.78 is 1.90. The molecule has 160 valence electrons. The minimum Gasteiger partial charge on any atom is -0.392 e. The third-order valence-corrected chi connectivity index (χ3v) is 8.79. The summed E-state index contributed by atoms with van der Waals surface area (Å²) >= 11 is 9.41. The van der Waals surface area contributed by atoms with Crippen LogP contribution in [0.25, 0.3) is 11.1 Å². The Kier molecular flexibility index (Phi) is 6.56. The lowest BCUT2D eigenvalue weighted by atomic mass is 9.80. The van der Waals surface area contributed by atoms with Crippen molar-refractivity contribution in [1.82, 2.24) is 0 Å². The Hall–Kier alpha value is -1.33. The number of halogens is 2. The summed E-state index contributed by atoms with van der Waals surface area (Å²) in [5.41, 5.74) is 7.00. The maximum atomic E-state index is 10.6. The lowest BCUT2D eigenvalue weighted by Gasteiger charge is -2.34. The van der Waals surface area contributed by atoms with E-state index in [9.17, 15) is 5.11 Å². The summed E-state index contributed by atoms with van der Waals surface area (Å²) in [4.78, 5) is 0. The van der Waals surface area contributed by atoms with E-state index in [1.807, 2.05) is 30.0 Å². The minimum absolute atomic E-state index is 0.0149. The lowest BCUT2D eigenvalue weighted by molar-refractivity contribution is 0.280. The number of hydrogen-bond acceptors (Lipinski definition) is 2. The Balaban J connectivity index is 1.94. The van der Waals surface area contributed by atoms with Crippen LogP contribution in [0.4, 0.5) is 0 Å². The number of benzene rings is 3. The normalized spacial score (nSPS) is 18.8. The zero-order chi connectivity index (χ0) is 22.2.